The smallest absolute Gasteiger partial charge is 0.236 e. The normalized spacial score (nSPS) is 17.8. The van der Waals surface area contributed by atoms with E-state index in [1.54, 1.807) is 11.9 Å². The predicted molar refractivity (Wildman–Crippen MR) is 126 cm³/mol. The van der Waals surface area contributed by atoms with Crippen LogP contribution >= 0.6 is 11.6 Å². The van der Waals surface area contributed by atoms with Crippen molar-refractivity contribution in [1.29, 1.82) is 0 Å². The average Bonchev–Trinajstić information content (AvgIpc) is 3.29. The summed E-state index contributed by atoms with van der Waals surface area (Å²) >= 11 is 5.95. The zero-order valence-corrected chi connectivity index (χ0v) is 19.8. The lowest BCUT2D eigenvalue weighted by Crippen LogP contribution is -2.53. The van der Waals surface area contributed by atoms with Crippen molar-refractivity contribution >= 4 is 23.4 Å². The molecule has 3 heterocycles. The summed E-state index contributed by atoms with van der Waals surface area (Å²) in [5.41, 5.74) is 0.949. The fourth-order valence-corrected chi connectivity index (χ4v) is 4.20. The first-order valence-corrected chi connectivity index (χ1v) is 11.7. The summed E-state index contributed by atoms with van der Waals surface area (Å²) < 4.78 is 11.2. The van der Waals surface area contributed by atoms with Crippen LogP contribution in [-0.4, -0.2) is 104 Å². The molecule has 0 unspecified atom stereocenters. The van der Waals surface area contributed by atoms with E-state index < -0.39 is 0 Å². The molecule has 0 saturated carbocycles. The van der Waals surface area contributed by atoms with E-state index >= 15 is 0 Å². The summed E-state index contributed by atoms with van der Waals surface area (Å²) in [6.07, 6.45) is 0. The van der Waals surface area contributed by atoms with E-state index in [0.717, 1.165) is 43.3 Å². The maximum absolute atomic E-state index is 12.7. The van der Waals surface area contributed by atoms with Gasteiger partial charge in [-0.3, -0.25) is 19.4 Å². The molecular weight excluding hydrogens is 444 g/mol. The van der Waals surface area contributed by atoms with Gasteiger partial charge in [0.1, 0.15) is 11.5 Å². The first-order chi connectivity index (χ1) is 16.0. The van der Waals surface area contributed by atoms with Crippen molar-refractivity contribution < 1.29 is 18.7 Å². The zero-order valence-electron chi connectivity index (χ0n) is 19.0. The van der Waals surface area contributed by atoms with Crippen molar-refractivity contribution in [3.63, 3.8) is 0 Å². The third-order valence-corrected chi connectivity index (χ3v) is 6.41. The van der Waals surface area contributed by atoms with Crippen LogP contribution in [0.15, 0.2) is 40.8 Å². The summed E-state index contributed by atoms with van der Waals surface area (Å²) in [5, 5.41) is 0.681. The maximum atomic E-state index is 12.7. The molecule has 0 bridgehead atoms. The van der Waals surface area contributed by atoms with Crippen molar-refractivity contribution in [2.24, 2.45) is 0 Å². The van der Waals surface area contributed by atoms with Crippen LogP contribution < -0.4 is 0 Å². The number of rotatable bonds is 7. The molecule has 1 aromatic heterocycles. The van der Waals surface area contributed by atoms with Crippen LogP contribution in [0.1, 0.15) is 5.76 Å². The van der Waals surface area contributed by atoms with Crippen LogP contribution in [0.25, 0.3) is 11.3 Å². The molecule has 2 fully saturated rings. The summed E-state index contributed by atoms with van der Waals surface area (Å²) in [6, 6.07) is 11.3. The number of likely N-dealkylation sites (N-methyl/N-ethyl adjacent to an activating group) is 1. The van der Waals surface area contributed by atoms with Crippen molar-refractivity contribution in [3.05, 3.63) is 47.2 Å². The number of amides is 2. The van der Waals surface area contributed by atoms with E-state index in [1.165, 1.54) is 0 Å². The number of piperazine rings is 1. The predicted octanol–water partition coefficient (Wildman–Crippen LogP) is 2.03. The number of carbonyl (C=O) groups excluding carboxylic acids is 2. The van der Waals surface area contributed by atoms with Gasteiger partial charge in [0.25, 0.3) is 0 Å². The van der Waals surface area contributed by atoms with Gasteiger partial charge in [0.2, 0.25) is 11.8 Å². The molecule has 1 aromatic carbocycles. The van der Waals surface area contributed by atoms with E-state index in [9.17, 15) is 9.59 Å². The highest BCUT2D eigenvalue weighted by Crippen LogP contribution is 2.24. The standard InChI is InChI=1S/C24H31ClN4O4/c1-26(16-21-6-7-22(33-21)19-2-4-20(25)5-3-19)23(30)17-27-8-10-28(11-9-27)18-24(31)29-12-14-32-15-13-29/h2-7H,8-18H2,1H3. The fraction of sp³-hybridized carbons (Fsp3) is 0.500. The van der Waals surface area contributed by atoms with Crippen molar-refractivity contribution in [2.45, 2.75) is 6.54 Å². The Labute approximate surface area is 199 Å². The summed E-state index contributed by atoms with van der Waals surface area (Å²) in [7, 11) is 1.80. The number of hydrogen-bond acceptors (Lipinski definition) is 6. The van der Waals surface area contributed by atoms with Gasteiger partial charge >= 0.3 is 0 Å². The van der Waals surface area contributed by atoms with Gasteiger partial charge in [-0.05, 0) is 36.4 Å². The number of halogens is 1. The van der Waals surface area contributed by atoms with Crippen LogP contribution in [0.2, 0.25) is 5.02 Å². The minimum atomic E-state index is 0.0530. The minimum Gasteiger partial charge on any atom is -0.459 e. The molecule has 2 saturated heterocycles. The van der Waals surface area contributed by atoms with Gasteiger partial charge in [-0.1, -0.05) is 11.6 Å². The van der Waals surface area contributed by atoms with Crippen LogP contribution in [0.3, 0.4) is 0 Å². The van der Waals surface area contributed by atoms with E-state index in [4.69, 9.17) is 20.8 Å². The van der Waals surface area contributed by atoms with Crippen molar-refractivity contribution in [3.8, 4) is 11.3 Å². The molecule has 2 aromatic rings. The summed E-state index contributed by atoms with van der Waals surface area (Å²) in [6.45, 7) is 6.95. The number of morpholine rings is 1. The Kier molecular flexibility index (Phi) is 8.03. The van der Waals surface area contributed by atoms with E-state index in [-0.39, 0.29) is 11.8 Å². The fourth-order valence-electron chi connectivity index (χ4n) is 4.08. The molecule has 0 spiro atoms. The highest BCUT2D eigenvalue weighted by molar-refractivity contribution is 6.30. The molecule has 0 aliphatic carbocycles. The molecule has 2 aliphatic heterocycles. The molecule has 2 amide bonds. The zero-order chi connectivity index (χ0) is 23.2. The van der Waals surface area contributed by atoms with E-state index in [0.29, 0.717) is 51.0 Å². The first-order valence-electron chi connectivity index (χ1n) is 11.4. The Balaban J connectivity index is 1.20. The monoisotopic (exact) mass is 474 g/mol. The Morgan fingerprint density at radius 2 is 1.55 bits per heavy atom. The number of furan rings is 1. The number of hydrogen-bond donors (Lipinski definition) is 0. The quantitative estimate of drug-likeness (QED) is 0.611. The second kappa shape index (κ2) is 11.2. The molecule has 33 heavy (non-hydrogen) atoms. The van der Waals surface area contributed by atoms with Crippen LogP contribution in [0, 0.1) is 0 Å². The van der Waals surface area contributed by atoms with Gasteiger partial charge in [-0.25, -0.2) is 0 Å². The number of benzene rings is 1. The molecule has 0 N–H and O–H groups in total. The van der Waals surface area contributed by atoms with Crippen LogP contribution in [0.5, 0.6) is 0 Å². The number of carbonyl (C=O) groups is 2. The number of ether oxygens (including phenoxy) is 1. The molecule has 4 rings (SSSR count). The molecule has 2 aliphatic rings. The Morgan fingerprint density at radius 3 is 2.21 bits per heavy atom. The maximum Gasteiger partial charge on any atom is 0.236 e. The lowest BCUT2D eigenvalue weighted by molar-refractivity contribution is -0.137. The first kappa shape index (κ1) is 23.8. The highest BCUT2D eigenvalue weighted by atomic mass is 35.5. The Hall–Kier alpha value is -2.39. The molecular formula is C24H31ClN4O4. The Morgan fingerprint density at radius 1 is 0.909 bits per heavy atom. The molecule has 8 nitrogen and oxygen atoms in total. The summed E-state index contributed by atoms with van der Waals surface area (Å²) in [4.78, 5) is 33.1. The van der Waals surface area contributed by atoms with Gasteiger partial charge in [0, 0.05) is 56.9 Å². The van der Waals surface area contributed by atoms with Crippen LogP contribution in [0.4, 0.5) is 0 Å². The third kappa shape index (κ3) is 6.57. The minimum absolute atomic E-state index is 0.0530. The third-order valence-electron chi connectivity index (χ3n) is 6.16. The van der Waals surface area contributed by atoms with Gasteiger partial charge in [0.05, 0.1) is 32.8 Å². The molecule has 178 valence electrons. The molecule has 9 heteroatoms. The Bertz CT molecular complexity index is 934. The van der Waals surface area contributed by atoms with Crippen molar-refractivity contribution in [1.82, 2.24) is 19.6 Å². The summed E-state index contributed by atoms with van der Waals surface area (Å²) in [5.74, 6) is 1.71. The van der Waals surface area contributed by atoms with Crippen molar-refractivity contribution in [2.75, 3.05) is 72.6 Å². The second-order valence-corrected chi connectivity index (χ2v) is 9.00. The van der Waals surface area contributed by atoms with Gasteiger partial charge in [0.15, 0.2) is 0 Å². The van der Waals surface area contributed by atoms with Gasteiger partial charge < -0.3 is 19.0 Å². The van der Waals surface area contributed by atoms with Crippen LogP contribution in [-0.2, 0) is 20.9 Å². The SMILES string of the molecule is CN(Cc1ccc(-c2ccc(Cl)cc2)o1)C(=O)CN1CCN(CC(=O)N2CCOCC2)CC1. The van der Waals surface area contributed by atoms with E-state index in [1.807, 2.05) is 41.3 Å². The van der Waals surface area contributed by atoms with Gasteiger partial charge in [-0.2, -0.15) is 0 Å². The van der Waals surface area contributed by atoms with E-state index in [2.05, 4.69) is 9.80 Å². The van der Waals surface area contributed by atoms with Gasteiger partial charge in [-0.15, -0.1) is 0 Å². The largest absolute Gasteiger partial charge is 0.459 e. The lowest BCUT2D eigenvalue weighted by atomic mass is 10.2. The molecule has 0 radical (unpaired) electrons. The topological polar surface area (TPSA) is 69.5 Å². The average molecular weight is 475 g/mol. The lowest BCUT2D eigenvalue weighted by Gasteiger charge is -2.36. The second-order valence-electron chi connectivity index (χ2n) is 8.57. The highest BCUT2D eigenvalue weighted by Gasteiger charge is 2.24. The molecule has 0 atom stereocenters. The number of nitrogens with zero attached hydrogens (tertiary/aromatic N) is 4.